The lowest BCUT2D eigenvalue weighted by Crippen LogP contribution is -2.37. The Hall–Kier alpha value is -2.63. The topological polar surface area (TPSA) is 84.1 Å². The Balaban J connectivity index is 1.52. The van der Waals surface area contributed by atoms with Gasteiger partial charge in [0.1, 0.15) is 5.69 Å². The van der Waals surface area contributed by atoms with Crippen LogP contribution in [-0.2, 0) is 9.53 Å². The molecule has 1 amide bonds. The fourth-order valence-electron chi connectivity index (χ4n) is 2.40. The number of amides is 1. The number of nitrogens with zero attached hydrogens (tertiary/aromatic N) is 1. The first kappa shape index (κ1) is 15.3. The summed E-state index contributed by atoms with van der Waals surface area (Å²) in [4.78, 5) is 23.7. The zero-order valence-corrected chi connectivity index (χ0v) is 12.9. The molecular formula is C17H19N3O3. The summed E-state index contributed by atoms with van der Waals surface area (Å²) in [5.41, 5.74) is 1.79. The molecule has 0 aliphatic heterocycles. The second-order valence-corrected chi connectivity index (χ2v) is 5.80. The number of aromatic amines is 1. The maximum Gasteiger partial charge on any atom is 0.356 e. The highest BCUT2D eigenvalue weighted by Gasteiger charge is 2.29. The van der Waals surface area contributed by atoms with Gasteiger partial charge in [0.2, 0.25) is 0 Å². The smallest absolute Gasteiger partial charge is 0.356 e. The minimum Gasteiger partial charge on any atom is -0.451 e. The normalized spacial score (nSPS) is 15.0. The Morgan fingerprint density at radius 3 is 2.78 bits per heavy atom. The van der Waals surface area contributed by atoms with Crippen LogP contribution >= 0.6 is 0 Å². The van der Waals surface area contributed by atoms with Crippen molar-refractivity contribution in [2.45, 2.75) is 25.8 Å². The Labute approximate surface area is 134 Å². The lowest BCUT2D eigenvalue weighted by molar-refractivity contribution is -0.125. The summed E-state index contributed by atoms with van der Waals surface area (Å²) in [5.74, 6) is -0.301. The molecule has 1 aromatic heterocycles. The molecule has 2 aromatic rings. The van der Waals surface area contributed by atoms with Crippen LogP contribution in [0.4, 0.5) is 0 Å². The van der Waals surface area contributed by atoms with Crippen molar-refractivity contribution < 1.29 is 14.3 Å². The van der Waals surface area contributed by atoms with Gasteiger partial charge >= 0.3 is 5.97 Å². The number of rotatable bonds is 6. The molecule has 0 bridgehead atoms. The summed E-state index contributed by atoms with van der Waals surface area (Å²) in [6.07, 6.45) is 2.30. The average molecular weight is 313 g/mol. The van der Waals surface area contributed by atoms with Crippen LogP contribution in [0.2, 0.25) is 0 Å². The zero-order chi connectivity index (χ0) is 16.2. The Morgan fingerprint density at radius 1 is 1.35 bits per heavy atom. The third kappa shape index (κ3) is 3.97. The molecule has 6 nitrogen and oxygen atoms in total. The van der Waals surface area contributed by atoms with Crippen LogP contribution in [0.1, 0.15) is 30.3 Å². The highest BCUT2D eigenvalue weighted by molar-refractivity contribution is 5.90. The van der Waals surface area contributed by atoms with Gasteiger partial charge in [-0.15, -0.1) is 0 Å². The van der Waals surface area contributed by atoms with Crippen molar-refractivity contribution >= 4 is 11.9 Å². The molecule has 1 aliphatic rings. The van der Waals surface area contributed by atoms with Crippen LogP contribution in [0.15, 0.2) is 36.4 Å². The number of carbonyl (C=O) groups excluding carboxylic acids is 2. The predicted molar refractivity (Wildman–Crippen MR) is 84.6 cm³/mol. The molecule has 0 radical (unpaired) electrons. The second kappa shape index (κ2) is 6.64. The van der Waals surface area contributed by atoms with E-state index in [2.05, 4.69) is 15.5 Å². The fourth-order valence-corrected chi connectivity index (χ4v) is 2.40. The van der Waals surface area contributed by atoms with E-state index in [-0.39, 0.29) is 24.2 Å². The van der Waals surface area contributed by atoms with Gasteiger partial charge in [-0.2, -0.15) is 5.10 Å². The number of hydrogen-bond donors (Lipinski definition) is 2. The van der Waals surface area contributed by atoms with Crippen LogP contribution in [-0.4, -0.2) is 34.7 Å². The van der Waals surface area contributed by atoms with Gasteiger partial charge in [-0.25, -0.2) is 4.79 Å². The van der Waals surface area contributed by atoms with E-state index in [1.165, 1.54) is 0 Å². The second-order valence-electron chi connectivity index (χ2n) is 5.80. The van der Waals surface area contributed by atoms with Crippen molar-refractivity contribution in [3.63, 3.8) is 0 Å². The molecular weight excluding hydrogens is 294 g/mol. The van der Waals surface area contributed by atoms with Crippen LogP contribution in [0.3, 0.4) is 0 Å². The minimum atomic E-state index is -0.589. The molecule has 23 heavy (non-hydrogen) atoms. The summed E-state index contributed by atoms with van der Waals surface area (Å²) in [5, 5.41) is 9.57. The summed E-state index contributed by atoms with van der Waals surface area (Å²) in [6, 6.07) is 11.3. The predicted octanol–water partition coefficient (Wildman–Crippen LogP) is 2.15. The molecule has 0 unspecified atom stereocenters. The van der Waals surface area contributed by atoms with E-state index >= 15 is 0 Å². The molecule has 1 aromatic carbocycles. The van der Waals surface area contributed by atoms with E-state index in [0.717, 1.165) is 18.4 Å². The SMILES string of the molecule is C[C@H](NC(=O)COC(=O)c1cc(-c2ccccc2)n[nH]1)C1CC1. The number of benzene rings is 1. The first-order valence-corrected chi connectivity index (χ1v) is 7.71. The molecule has 1 atom stereocenters. The van der Waals surface area contributed by atoms with Gasteiger partial charge in [0, 0.05) is 11.6 Å². The van der Waals surface area contributed by atoms with Crippen molar-refractivity contribution in [1.29, 1.82) is 0 Å². The number of carbonyl (C=O) groups is 2. The van der Waals surface area contributed by atoms with Crippen molar-refractivity contribution in [2.75, 3.05) is 6.61 Å². The lowest BCUT2D eigenvalue weighted by Gasteiger charge is -2.12. The van der Waals surface area contributed by atoms with Crippen molar-refractivity contribution in [2.24, 2.45) is 5.92 Å². The lowest BCUT2D eigenvalue weighted by atomic mass is 10.1. The van der Waals surface area contributed by atoms with Crippen molar-refractivity contribution in [1.82, 2.24) is 15.5 Å². The number of H-pyrrole nitrogens is 1. The van der Waals surface area contributed by atoms with Crippen molar-refractivity contribution in [3.05, 3.63) is 42.1 Å². The first-order valence-electron chi connectivity index (χ1n) is 7.71. The minimum absolute atomic E-state index is 0.137. The Morgan fingerprint density at radius 2 is 2.09 bits per heavy atom. The van der Waals surface area contributed by atoms with Gasteiger partial charge in [0.15, 0.2) is 6.61 Å². The van der Waals surface area contributed by atoms with Crippen LogP contribution in [0, 0.1) is 5.92 Å². The molecule has 1 heterocycles. The first-order chi connectivity index (χ1) is 11.1. The third-order valence-electron chi connectivity index (χ3n) is 3.92. The summed E-state index contributed by atoms with van der Waals surface area (Å²) >= 11 is 0. The van der Waals surface area contributed by atoms with Gasteiger partial charge in [-0.3, -0.25) is 9.89 Å². The Bertz CT molecular complexity index is 692. The molecule has 2 N–H and O–H groups in total. The maximum atomic E-state index is 12.0. The van der Waals surface area contributed by atoms with Gasteiger partial charge in [-0.1, -0.05) is 30.3 Å². The average Bonchev–Trinajstić information content (AvgIpc) is 3.30. The van der Waals surface area contributed by atoms with Crippen LogP contribution in [0.5, 0.6) is 0 Å². The molecule has 3 rings (SSSR count). The molecule has 0 saturated heterocycles. The molecule has 1 fully saturated rings. The van der Waals surface area contributed by atoms with E-state index in [1.54, 1.807) is 6.07 Å². The van der Waals surface area contributed by atoms with Gasteiger partial charge in [0.25, 0.3) is 5.91 Å². The number of nitrogens with one attached hydrogen (secondary N) is 2. The molecule has 0 spiro atoms. The van der Waals surface area contributed by atoms with Crippen molar-refractivity contribution in [3.8, 4) is 11.3 Å². The van der Waals surface area contributed by atoms with Crippen LogP contribution < -0.4 is 5.32 Å². The number of hydrogen-bond acceptors (Lipinski definition) is 4. The number of ether oxygens (including phenoxy) is 1. The van der Waals surface area contributed by atoms with Gasteiger partial charge < -0.3 is 10.1 Å². The van der Waals surface area contributed by atoms with E-state index in [0.29, 0.717) is 11.6 Å². The van der Waals surface area contributed by atoms with Crippen LogP contribution in [0.25, 0.3) is 11.3 Å². The molecule has 6 heteroatoms. The summed E-state index contributed by atoms with van der Waals surface area (Å²) in [7, 11) is 0. The molecule has 1 saturated carbocycles. The zero-order valence-electron chi connectivity index (χ0n) is 12.9. The highest BCUT2D eigenvalue weighted by atomic mass is 16.5. The third-order valence-corrected chi connectivity index (χ3v) is 3.92. The van der Waals surface area contributed by atoms with Gasteiger partial charge in [0.05, 0.1) is 5.69 Å². The number of esters is 1. The van der Waals surface area contributed by atoms with E-state index < -0.39 is 5.97 Å². The summed E-state index contributed by atoms with van der Waals surface area (Å²) in [6.45, 7) is 1.69. The molecule has 1 aliphatic carbocycles. The quantitative estimate of drug-likeness (QED) is 0.800. The Kier molecular flexibility index (Phi) is 4.41. The molecule has 120 valence electrons. The standard InChI is InChI=1S/C17H19N3O3/c1-11(12-7-8-12)18-16(21)10-23-17(22)15-9-14(19-20-15)13-5-3-2-4-6-13/h2-6,9,11-12H,7-8,10H2,1H3,(H,18,21)(H,19,20)/t11-/m0/s1. The highest BCUT2D eigenvalue weighted by Crippen LogP contribution is 2.32. The largest absolute Gasteiger partial charge is 0.451 e. The van der Waals surface area contributed by atoms with E-state index in [9.17, 15) is 9.59 Å². The van der Waals surface area contributed by atoms with E-state index in [1.807, 2.05) is 37.3 Å². The van der Waals surface area contributed by atoms with Gasteiger partial charge in [-0.05, 0) is 31.7 Å². The van der Waals surface area contributed by atoms with E-state index in [4.69, 9.17) is 4.74 Å². The monoisotopic (exact) mass is 313 g/mol. The summed E-state index contributed by atoms with van der Waals surface area (Å²) < 4.78 is 5.02. The maximum absolute atomic E-state index is 12.0. The number of aromatic nitrogens is 2. The fraction of sp³-hybridized carbons (Fsp3) is 0.353.